The number of urea groups is 1. The van der Waals surface area contributed by atoms with Gasteiger partial charge in [0.1, 0.15) is 0 Å². The maximum Gasteiger partial charge on any atom is 0.321 e. The van der Waals surface area contributed by atoms with Crippen LogP contribution in [0.2, 0.25) is 0 Å². The van der Waals surface area contributed by atoms with Gasteiger partial charge in [-0.05, 0) is 23.3 Å². The molecule has 0 aliphatic rings. The van der Waals surface area contributed by atoms with Crippen molar-refractivity contribution < 1.29 is 4.79 Å². The first-order valence-electron chi connectivity index (χ1n) is 6.55. The van der Waals surface area contributed by atoms with Crippen molar-refractivity contribution in [2.24, 2.45) is 5.73 Å². The zero-order valence-electron chi connectivity index (χ0n) is 11.5. The first kappa shape index (κ1) is 14.1. The SMILES string of the molecule is CN(C(=O)NCc1ccccc1)c1ccc(CN)cc1. The Morgan fingerprint density at radius 2 is 1.70 bits per heavy atom. The summed E-state index contributed by atoms with van der Waals surface area (Å²) in [6.45, 7) is 1.02. The number of amides is 2. The molecule has 4 nitrogen and oxygen atoms in total. The lowest BCUT2D eigenvalue weighted by Gasteiger charge is -2.18. The van der Waals surface area contributed by atoms with E-state index in [1.165, 1.54) is 0 Å². The third-order valence-corrected chi connectivity index (χ3v) is 3.15. The molecule has 0 aliphatic carbocycles. The van der Waals surface area contributed by atoms with Gasteiger partial charge in [-0.2, -0.15) is 0 Å². The number of nitrogens with two attached hydrogens (primary N) is 1. The van der Waals surface area contributed by atoms with Crippen LogP contribution >= 0.6 is 0 Å². The smallest absolute Gasteiger partial charge is 0.321 e. The quantitative estimate of drug-likeness (QED) is 0.896. The van der Waals surface area contributed by atoms with Gasteiger partial charge in [-0.25, -0.2) is 4.79 Å². The molecule has 0 saturated carbocycles. The summed E-state index contributed by atoms with van der Waals surface area (Å²) in [4.78, 5) is 13.6. The first-order valence-corrected chi connectivity index (χ1v) is 6.55. The zero-order valence-corrected chi connectivity index (χ0v) is 11.5. The molecule has 0 heterocycles. The van der Waals surface area contributed by atoms with Crippen molar-refractivity contribution in [3.8, 4) is 0 Å². The third-order valence-electron chi connectivity index (χ3n) is 3.15. The van der Waals surface area contributed by atoms with Crippen molar-refractivity contribution >= 4 is 11.7 Å². The van der Waals surface area contributed by atoms with Crippen LogP contribution in [0.1, 0.15) is 11.1 Å². The molecule has 0 aliphatic heterocycles. The van der Waals surface area contributed by atoms with E-state index in [2.05, 4.69) is 5.32 Å². The Labute approximate surface area is 119 Å². The molecular formula is C16H19N3O. The van der Waals surface area contributed by atoms with Gasteiger partial charge in [-0.15, -0.1) is 0 Å². The summed E-state index contributed by atoms with van der Waals surface area (Å²) in [5.41, 5.74) is 8.52. The van der Waals surface area contributed by atoms with Crippen LogP contribution in [0, 0.1) is 0 Å². The molecule has 0 saturated heterocycles. The molecule has 0 bridgehead atoms. The second-order valence-corrected chi connectivity index (χ2v) is 4.57. The molecule has 0 atom stereocenters. The van der Waals surface area contributed by atoms with Gasteiger partial charge in [0.05, 0.1) is 0 Å². The van der Waals surface area contributed by atoms with Crippen LogP contribution in [0.3, 0.4) is 0 Å². The molecule has 0 spiro atoms. The van der Waals surface area contributed by atoms with Crippen molar-refractivity contribution in [3.63, 3.8) is 0 Å². The predicted octanol–water partition coefficient (Wildman–Crippen LogP) is 2.49. The minimum Gasteiger partial charge on any atom is -0.334 e. The number of nitrogens with zero attached hydrogens (tertiary/aromatic N) is 1. The monoisotopic (exact) mass is 269 g/mol. The lowest BCUT2D eigenvalue weighted by atomic mass is 10.2. The van der Waals surface area contributed by atoms with Gasteiger partial charge in [-0.1, -0.05) is 42.5 Å². The molecule has 4 heteroatoms. The number of nitrogens with one attached hydrogen (secondary N) is 1. The standard InChI is InChI=1S/C16H19N3O/c1-19(15-9-7-13(11-17)8-10-15)16(20)18-12-14-5-3-2-4-6-14/h2-10H,11-12,17H2,1H3,(H,18,20). The number of benzene rings is 2. The molecule has 0 radical (unpaired) electrons. The van der Waals surface area contributed by atoms with Crippen LogP contribution in [0.5, 0.6) is 0 Å². The number of hydrogen-bond acceptors (Lipinski definition) is 2. The number of rotatable bonds is 4. The summed E-state index contributed by atoms with van der Waals surface area (Å²) in [5.74, 6) is 0. The largest absolute Gasteiger partial charge is 0.334 e. The van der Waals surface area contributed by atoms with E-state index in [1.807, 2.05) is 54.6 Å². The Morgan fingerprint density at radius 1 is 1.05 bits per heavy atom. The summed E-state index contributed by atoms with van der Waals surface area (Å²) < 4.78 is 0. The highest BCUT2D eigenvalue weighted by Crippen LogP contribution is 2.13. The second-order valence-electron chi connectivity index (χ2n) is 4.57. The zero-order chi connectivity index (χ0) is 14.4. The molecule has 0 unspecified atom stereocenters. The molecule has 20 heavy (non-hydrogen) atoms. The molecule has 2 aromatic rings. The van der Waals surface area contributed by atoms with Gasteiger partial charge in [0.15, 0.2) is 0 Å². The average Bonchev–Trinajstić information content (AvgIpc) is 2.53. The van der Waals surface area contributed by atoms with Crippen molar-refractivity contribution in [1.29, 1.82) is 0 Å². The molecule has 2 amide bonds. The van der Waals surface area contributed by atoms with Crippen LogP contribution in [-0.4, -0.2) is 13.1 Å². The van der Waals surface area contributed by atoms with Gasteiger partial charge in [0.2, 0.25) is 0 Å². The van der Waals surface area contributed by atoms with Crippen LogP contribution in [0.15, 0.2) is 54.6 Å². The third kappa shape index (κ3) is 3.59. The van der Waals surface area contributed by atoms with Gasteiger partial charge in [0, 0.05) is 25.8 Å². The highest BCUT2D eigenvalue weighted by atomic mass is 16.2. The Balaban J connectivity index is 1.94. The number of anilines is 1. The summed E-state index contributed by atoms with van der Waals surface area (Å²) in [7, 11) is 1.75. The van der Waals surface area contributed by atoms with Crippen LogP contribution in [0.25, 0.3) is 0 Å². The van der Waals surface area contributed by atoms with E-state index in [0.29, 0.717) is 13.1 Å². The molecule has 104 valence electrons. The summed E-state index contributed by atoms with van der Waals surface area (Å²) in [6.07, 6.45) is 0. The fraction of sp³-hybridized carbons (Fsp3) is 0.188. The minimum atomic E-state index is -0.130. The van der Waals surface area contributed by atoms with Gasteiger partial charge in [-0.3, -0.25) is 4.90 Å². The first-order chi connectivity index (χ1) is 9.70. The number of carbonyl (C=O) groups is 1. The van der Waals surface area contributed by atoms with Crippen molar-refractivity contribution in [3.05, 3.63) is 65.7 Å². The fourth-order valence-electron chi connectivity index (χ4n) is 1.87. The Kier molecular flexibility index (Phi) is 4.74. The van der Waals surface area contributed by atoms with E-state index in [9.17, 15) is 4.79 Å². The lowest BCUT2D eigenvalue weighted by molar-refractivity contribution is 0.247. The molecular weight excluding hydrogens is 250 g/mol. The average molecular weight is 269 g/mol. The predicted molar refractivity (Wildman–Crippen MR) is 81.4 cm³/mol. The summed E-state index contributed by atoms with van der Waals surface area (Å²) >= 11 is 0. The Morgan fingerprint density at radius 3 is 2.30 bits per heavy atom. The number of carbonyl (C=O) groups excluding carboxylic acids is 1. The highest BCUT2D eigenvalue weighted by Gasteiger charge is 2.09. The van der Waals surface area contributed by atoms with E-state index in [-0.39, 0.29) is 6.03 Å². The second kappa shape index (κ2) is 6.73. The summed E-state index contributed by atoms with van der Waals surface area (Å²) in [6, 6.07) is 17.3. The van der Waals surface area contributed by atoms with Gasteiger partial charge >= 0.3 is 6.03 Å². The molecule has 0 fully saturated rings. The normalized spacial score (nSPS) is 10.1. The maximum atomic E-state index is 12.1. The summed E-state index contributed by atoms with van der Waals surface area (Å²) in [5, 5.41) is 2.89. The van der Waals surface area contributed by atoms with Crippen LogP contribution in [-0.2, 0) is 13.1 Å². The van der Waals surface area contributed by atoms with Gasteiger partial charge in [0.25, 0.3) is 0 Å². The molecule has 3 N–H and O–H groups in total. The van der Waals surface area contributed by atoms with Crippen molar-refractivity contribution in [2.45, 2.75) is 13.1 Å². The topological polar surface area (TPSA) is 58.4 Å². The Hall–Kier alpha value is -2.33. The highest BCUT2D eigenvalue weighted by molar-refractivity contribution is 5.91. The van der Waals surface area contributed by atoms with E-state index in [4.69, 9.17) is 5.73 Å². The van der Waals surface area contributed by atoms with Crippen molar-refractivity contribution in [2.75, 3.05) is 11.9 Å². The molecule has 0 aromatic heterocycles. The number of hydrogen-bond donors (Lipinski definition) is 2. The lowest BCUT2D eigenvalue weighted by Crippen LogP contribution is -2.36. The molecule has 2 rings (SSSR count). The van der Waals surface area contributed by atoms with Crippen LogP contribution < -0.4 is 16.0 Å². The molecule has 2 aromatic carbocycles. The van der Waals surface area contributed by atoms with E-state index in [1.54, 1.807) is 11.9 Å². The van der Waals surface area contributed by atoms with Gasteiger partial charge < -0.3 is 11.1 Å². The van der Waals surface area contributed by atoms with Crippen molar-refractivity contribution in [1.82, 2.24) is 5.32 Å². The maximum absolute atomic E-state index is 12.1. The fourth-order valence-corrected chi connectivity index (χ4v) is 1.87. The van der Waals surface area contributed by atoms with E-state index < -0.39 is 0 Å². The van der Waals surface area contributed by atoms with E-state index >= 15 is 0 Å². The minimum absolute atomic E-state index is 0.130. The van der Waals surface area contributed by atoms with E-state index in [0.717, 1.165) is 16.8 Å². The van der Waals surface area contributed by atoms with Crippen LogP contribution in [0.4, 0.5) is 10.5 Å². The Bertz CT molecular complexity index is 552.